The molecule has 1 rings (SSSR count). The van der Waals surface area contributed by atoms with Gasteiger partial charge < -0.3 is 11.1 Å². The Kier molecular flexibility index (Phi) is 4.87. The standard InChI is InChI=1S/C13H20N2OS/c1-8(2)15-13(16)10(4)17-12-7-9(3)5-6-11(12)14/h5-8,10H,14H2,1-4H3,(H,15,16). The molecule has 0 radical (unpaired) electrons. The van der Waals surface area contributed by atoms with Crippen molar-refractivity contribution in [2.45, 2.75) is 43.9 Å². The second kappa shape index (κ2) is 5.96. The lowest BCUT2D eigenvalue weighted by atomic mass is 10.2. The number of amides is 1. The largest absolute Gasteiger partial charge is 0.398 e. The summed E-state index contributed by atoms with van der Waals surface area (Å²) < 4.78 is 0. The number of carbonyl (C=O) groups excluding carboxylic acids is 1. The van der Waals surface area contributed by atoms with E-state index in [0.29, 0.717) is 0 Å². The van der Waals surface area contributed by atoms with Crippen molar-refractivity contribution in [1.29, 1.82) is 0 Å². The van der Waals surface area contributed by atoms with Crippen molar-refractivity contribution in [3.05, 3.63) is 23.8 Å². The highest BCUT2D eigenvalue weighted by atomic mass is 32.2. The lowest BCUT2D eigenvalue weighted by Crippen LogP contribution is -2.35. The van der Waals surface area contributed by atoms with E-state index in [9.17, 15) is 4.79 Å². The van der Waals surface area contributed by atoms with Gasteiger partial charge in [-0.25, -0.2) is 0 Å². The predicted molar refractivity (Wildman–Crippen MR) is 74.2 cm³/mol. The van der Waals surface area contributed by atoms with Gasteiger partial charge >= 0.3 is 0 Å². The minimum atomic E-state index is -0.138. The van der Waals surface area contributed by atoms with Gasteiger partial charge in [-0.05, 0) is 45.4 Å². The van der Waals surface area contributed by atoms with E-state index in [4.69, 9.17) is 5.73 Å². The van der Waals surface area contributed by atoms with Crippen LogP contribution in [0, 0.1) is 6.92 Å². The molecular formula is C13H20N2OS. The van der Waals surface area contributed by atoms with Crippen LogP contribution in [0.15, 0.2) is 23.1 Å². The van der Waals surface area contributed by atoms with E-state index in [1.807, 2.05) is 45.9 Å². The molecule has 1 amide bonds. The Morgan fingerprint density at radius 1 is 1.35 bits per heavy atom. The van der Waals surface area contributed by atoms with Gasteiger partial charge in [0.1, 0.15) is 0 Å². The van der Waals surface area contributed by atoms with Crippen LogP contribution in [0.2, 0.25) is 0 Å². The molecule has 0 saturated heterocycles. The summed E-state index contributed by atoms with van der Waals surface area (Å²) in [4.78, 5) is 12.8. The van der Waals surface area contributed by atoms with Crippen molar-refractivity contribution in [2.24, 2.45) is 0 Å². The highest BCUT2D eigenvalue weighted by Crippen LogP contribution is 2.29. The van der Waals surface area contributed by atoms with Gasteiger partial charge in [-0.2, -0.15) is 0 Å². The first-order chi connectivity index (χ1) is 7.90. The molecular weight excluding hydrogens is 232 g/mol. The molecule has 0 heterocycles. The van der Waals surface area contributed by atoms with Crippen LogP contribution in [0.4, 0.5) is 5.69 Å². The van der Waals surface area contributed by atoms with Gasteiger partial charge in [0.05, 0.1) is 5.25 Å². The van der Waals surface area contributed by atoms with Crippen LogP contribution >= 0.6 is 11.8 Å². The molecule has 0 saturated carbocycles. The third kappa shape index (κ3) is 4.30. The summed E-state index contributed by atoms with van der Waals surface area (Å²) in [5.41, 5.74) is 7.76. The quantitative estimate of drug-likeness (QED) is 0.639. The van der Waals surface area contributed by atoms with Gasteiger partial charge in [0.2, 0.25) is 5.91 Å². The number of nitrogens with one attached hydrogen (secondary N) is 1. The fourth-order valence-corrected chi connectivity index (χ4v) is 2.40. The van der Waals surface area contributed by atoms with E-state index in [1.165, 1.54) is 11.8 Å². The highest BCUT2D eigenvalue weighted by Gasteiger charge is 2.16. The third-order valence-corrected chi connectivity index (χ3v) is 3.45. The van der Waals surface area contributed by atoms with Crippen LogP contribution in [0.5, 0.6) is 0 Å². The zero-order chi connectivity index (χ0) is 13.0. The summed E-state index contributed by atoms with van der Waals surface area (Å²) in [6, 6.07) is 6.03. The zero-order valence-electron chi connectivity index (χ0n) is 10.8. The number of anilines is 1. The number of nitrogen functional groups attached to an aromatic ring is 1. The normalized spacial score (nSPS) is 12.5. The maximum Gasteiger partial charge on any atom is 0.233 e. The average molecular weight is 252 g/mol. The monoisotopic (exact) mass is 252 g/mol. The topological polar surface area (TPSA) is 55.1 Å². The molecule has 1 aromatic carbocycles. The number of thioether (sulfide) groups is 1. The van der Waals surface area contributed by atoms with Crippen LogP contribution < -0.4 is 11.1 Å². The molecule has 0 fully saturated rings. The van der Waals surface area contributed by atoms with E-state index in [2.05, 4.69) is 5.32 Å². The van der Waals surface area contributed by atoms with Crippen molar-refractivity contribution < 1.29 is 4.79 Å². The van der Waals surface area contributed by atoms with Gasteiger partial charge in [-0.1, -0.05) is 6.07 Å². The Hall–Kier alpha value is -1.16. The SMILES string of the molecule is Cc1ccc(N)c(SC(C)C(=O)NC(C)C)c1. The zero-order valence-corrected chi connectivity index (χ0v) is 11.6. The first-order valence-electron chi connectivity index (χ1n) is 5.73. The molecule has 0 aliphatic carbocycles. The molecule has 1 aromatic rings. The lowest BCUT2D eigenvalue weighted by molar-refractivity contribution is -0.120. The van der Waals surface area contributed by atoms with E-state index in [-0.39, 0.29) is 17.2 Å². The summed E-state index contributed by atoms with van der Waals surface area (Å²) in [6.45, 7) is 7.82. The summed E-state index contributed by atoms with van der Waals surface area (Å²) in [5.74, 6) is 0.0471. The molecule has 94 valence electrons. The molecule has 0 bridgehead atoms. The lowest BCUT2D eigenvalue weighted by Gasteiger charge is -2.15. The number of hydrogen-bond acceptors (Lipinski definition) is 3. The van der Waals surface area contributed by atoms with Crippen LogP contribution in [-0.2, 0) is 4.79 Å². The molecule has 3 nitrogen and oxygen atoms in total. The number of hydrogen-bond donors (Lipinski definition) is 2. The molecule has 17 heavy (non-hydrogen) atoms. The Balaban J connectivity index is 2.70. The van der Waals surface area contributed by atoms with Gasteiger partial charge in [-0.3, -0.25) is 4.79 Å². The molecule has 4 heteroatoms. The number of benzene rings is 1. The van der Waals surface area contributed by atoms with Crippen molar-refractivity contribution >= 4 is 23.4 Å². The molecule has 1 unspecified atom stereocenters. The first-order valence-corrected chi connectivity index (χ1v) is 6.61. The van der Waals surface area contributed by atoms with E-state index < -0.39 is 0 Å². The maximum absolute atomic E-state index is 11.8. The van der Waals surface area contributed by atoms with Crippen LogP contribution in [0.3, 0.4) is 0 Å². The molecule has 0 aliphatic rings. The minimum absolute atomic E-state index is 0.0471. The van der Waals surface area contributed by atoms with Crippen LogP contribution in [0.25, 0.3) is 0 Å². The predicted octanol–water partition coefficient (Wildman–Crippen LogP) is 2.58. The molecule has 3 N–H and O–H groups in total. The molecule has 0 aromatic heterocycles. The fraction of sp³-hybridized carbons (Fsp3) is 0.462. The first kappa shape index (κ1) is 13.9. The average Bonchev–Trinajstić information content (AvgIpc) is 2.22. The summed E-state index contributed by atoms with van der Waals surface area (Å²) in [5, 5.41) is 2.76. The van der Waals surface area contributed by atoms with E-state index in [1.54, 1.807) is 0 Å². The summed E-state index contributed by atoms with van der Waals surface area (Å²) >= 11 is 1.50. The van der Waals surface area contributed by atoms with E-state index in [0.717, 1.165) is 16.1 Å². The van der Waals surface area contributed by atoms with Crippen molar-refractivity contribution in [1.82, 2.24) is 5.32 Å². The fourth-order valence-electron chi connectivity index (χ4n) is 1.39. The maximum atomic E-state index is 11.8. The van der Waals surface area contributed by atoms with Crippen molar-refractivity contribution in [2.75, 3.05) is 5.73 Å². The second-order valence-electron chi connectivity index (χ2n) is 4.46. The van der Waals surface area contributed by atoms with Crippen molar-refractivity contribution in [3.8, 4) is 0 Å². The van der Waals surface area contributed by atoms with Crippen LogP contribution in [0.1, 0.15) is 26.3 Å². The highest BCUT2D eigenvalue weighted by molar-refractivity contribution is 8.00. The van der Waals surface area contributed by atoms with Crippen molar-refractivity contribution in [3.63, 3.8) is 0 Å². The van der Waals surface area contributed by atoms with Gasteiger partial charge in [-0.15, -0.1) is 11.8 Å². The molecule has 1 atom stereocenters. The number of carbonyl (C=O) groups is 1. The summed E-state index contributed by atoms with van der Waals surface area (Å²) in [6.07, 6.45) is 0. The van der Waals surface area contributed by atoms with Gasteiger partial charge in [0.25, 0.3) is 0 Å². The third-order valence-electron chi connectivity index (χ3n) is 2.27. The second-order valence-corrected chi connectivity index (χ2v) is 5.85. The summed E-state index contributed by atoms with van der Waals surface area (Å²) in [7, 11) is 0. The smallest absolute Gasteiger partial charge is 0.233 e. The number of aryl methyl sites for hydroxylation is 1. The van der Waals surface area contributed by atoms with Crippen LogP contribution in [-0.4, -0.2) is 17.2 Å². The number of rotatable bonds is 4. The minimum Gasteiger partial charge on any atom is -0.398 e. The Morgan fingerprint density at radius 2 is 2.00 bits per heavy atom. The van der Waals surface area contributed by atoms with Gasteiger partial charge in [0, 0.05) is 16.6 Å². The van der Waals surface area contributed by atoms with Gasteiger partial charge in [0.15, 0.2) is 0 Å². The molecule has 0 spiro atoms. The number of nitrogens with two attached hydrogens (primary N) is 1. The Morgan fingerprint density at radius 3 is 2.59 bits per heavy atom. The Labute approximate surface area is 107 Å². The Bertz CT molecular complexity index is 404. The van der Waals surface area contributed by atoms with E-state index >= 15 is 0 Å². The molecule has 0 aliphatic heterocycles.